The summed E-state index contributed by atoms with van der Waals surface area (Å²) >= 11 is 0. The van der Waals surface area contributed by atoms with Gasteiger partial charge < -0.3 is 4.74 Å². The van der Waals surface area contributed by atoms with Crippen LogP contribution in [0.3, 0.4) is 0 Å². The monoisotopic (exact) mass is 280 g/mol. The third kappa shape index (κ3) is 3.38. The minimum atomic E-state index is -4.39. The highest BCUT2D eigenvalue weighted by atomic mass is 19.4. The molecule has 0 amide bonds. The van der Waals surface area contributed by atoms with Crippen LogP contribution in [0.2, 0.25) is 0 Å². The summed E-state index contributed by atoms with van der Waals surface area (Å²) in [6.07, 6.45) is -4.39. The summed E-state index contributed by atoms with van der Waals surface area (Å²) in [4.78, 5) is 10.9. The van der Waals surface area contributed by atoms with Gasteiger partial charge in [-0.15, -0.1) is 0 Å². The van der Waals surface area contributed by atoms with E-state index >= 15 is 0 Å². The molecular weight excluding hydrogens is 269 g/mol. The Hall–Kier alpha value is -2.30. The quantitative estimate of drug-likeness (QED) is 0.605. The van der Waals surface area contributed by atoms with Crippen molar-refractivity contribution in [2.24, 2.45) is 0 Å². The van der Waals surface area contributed by atoms with Crippen LogP contribution in [0.15, 0.2) is 48.5 Å². The molecule has 0 fully saturated rings. The van der Waals surface area contributed by atoms with Gasteiger partial charge in [0.15, 0.2) is 0 Å². The summed E-state index contributed by atoms with van der Waals surface area (Å²) in [5.41, 5.74) is 0.247. The first-order chi connectivity index (χ1) is 9.36. The molecule has 0 aromatic heterocycles. The van der Waals surface area contributed by atoms with Gasteiger partial charge in [-0.2, -0.15) is 13.2 Å². The van der Waals surface area contributed by atoms with Crippen molar-refractivity contribution < 1.29 is 22.7 Å². The number of ether oxygens (including phenoxy) is 1. The minimum absolute atomic E-state index is 0.299. The number of hydrogen-bond donors (Lipinski definition) is 0. The summed E-state index contributed by atoms with van der Waals surface area (Å²) in [7, 11) is 0. The Morgan fingerprint density at radius 3 is 2.20 bits per heavy atom. The molecule has 2 rings (SSSR count). The van der Waals surface area contributed by atoms with Crippen molar-refractivity contribution in [3.05, 3.63) is 54.1 Å². The van der Waals surface area contributed by atoms with Gasteiger partial charge in [0, 0.05) is 6.92 Å². The fourth-order valence-electron chi connectivity index (χ4n) is 1.78. The van der Waals surface area contributed by atoms with Crippen LogP contribution >= 0.6 is 0 Å². The second-order valence-electron chi connectivity index (χ2n) is 4.20. The topological polar surface area (TPSA) is 26.3 Å². The third-order valence-electron chi connectivity index (χ3n) is 2.62. The van der Waals surface area contributed by atoms with Crippen molar-refractivity contribution in [3.8, 4) is 16.9 Å². The van der Waals surface area contributed by atoms with E-state index in [0.29, 0.717) is 16.9 Å². The summed E-state index contributed by atoms with van der Waals surface area (Å²) in [5.74, 6) is -0.182. The lowest BCUT2D eigenvalue weighted by Gasteiger charge is -2.09. The first-order valence-corrected chi connectivity index (χ1v) is 5.82. The molecule has 0 saturated carbocycles. The number of alkyl halides is 3. The second-order valence-corrected chi connectivity index (χ2v) is 4.20. The first-order valence-electron chi connectivity index (χ1n) is 5.82. The third-order valence-corrected chi connectivity index (χ3v) is 2.62. The van der Waals surface area contributed by atoms with Crippen molar-refractivity contribution in [2.45, 2.75) is 13.1 Å². The average molecular weight is 280 g/mol. The number of hydrogen-bond acceptors (Lipinski definition) is 2. The summed E-state index contributed by atoms with van der Waals surface area (Å²) in [5, 5.41) is 0. The van der Waals surface area contributed by atoms with Gasteiger partial charge in [-0.1, -0.05) is 24.3 Å². The molecule has 0 aliphatic rings. The van der Waals surface area contributed by atoms with Gasteiger partial charge in [0.05, 0.1) is 5.56 Å². The van der Waals surface area contributed by atoms with Crippen molar-refractivity contribution >= 4 is 5.97 Å². The Kier molecular flexibility index (Phi) is 3.79. The molecule has 20 heavy (non-hydrogen) atoms. The zero-order valence-corrected chi connectivity index (χ0v) is 10.6. The van der Waals surface area contributed by atoms with Crippen LogP contribution in [0.25, 0.3) is 11.1 Å². The van der Waals surface area contributed by atoms with Crippen molar-refractivity contribution in [2.75, 3.05) is 0 Å². The molecule has 0 aliphatic heterocycles. The Morgan fingerprint density at radius 2 is 1.60 bits per heavy atom. The predicted molar refractivity (Wildman–Crippen MR) is 68.2 cm³/mol. The summed E-state index contributed by atoms with van der Waals surface area (Å²) in [6.45, 7) is 1.26. The highest BCUT2D eigenvalue weighted by Crippen LogP contribution is 2.32. The molecule has 104 valence electrons. The van der Waals surface area contributed by atoms with E-state index in [4.69, 9.17) is 4.74 Å². The van der Waals surface area contributed by atoms with Crippen molar-refractivity contribution in [1.29, 1.82) is 0 Å². The molecule has 2 nitrogen and oxygen atoms in total. The van der Waals surface area contributed by atoms with Gasteiger partial charge in [0.25, 0.3) is 0 Å². The zero-order valence-electron chi connectivity index (χ0n) is 10.6. The normalized spacial score (nSPS) is 11.2. The van der Waals surface area contributed by atoms with Crippen LogP contribution in [-0.4, -0.2) is 5.97 Å². The highest BCUT2D eigenvalue weighted by Gasteiger charge is 2.30. The second kappa shape index (κ2) is 5.36. The standard InChI is InChI=1S/C15H11F3O2/c1-10(19)20-14-7-3-5-12(9-14)11-4-2-6-13(8-11)15(16,17)18/h2-9H,1H3. The number of carbonyl (C=O) groups excluding carboxylic acids is 1. The van der Waals surface area contributed by atoms with E-state index in [0.717, 1.165) is 12.1 Å². The number of esters is 1. The number of carbonyl (C=O) groups is 1. The molecule has 5 heteroatoms. The van der Waals surface area contributed by atoms with Gasteiger partial charge in [-0.3, -0.25) is 4.79 Å². The van der Waals surface area contributed by atoms with E-state index in [2.05, 4.69) is 0 Å². The summed E-state index contributed by atoms with van der Waals surface area (Å²) in [6, 6.07) is 11.4. The average Bonchev–Trinajstić information content (AvgIpc) is 2.37. The van der Waals surface area contributed by atoms with Crippen LogP contribution in [-0.2, 0) is 11.0 Å². The lowest BCUT2D eigenvalue weighted by molar-refractivity contribution is -0.137. The van der Waals surface area contributed by atoms with Crippen LogP contribution in [0.1, 0.15) is 12.5 Å². The van der Waals surface area contributed by atoms with Crippen molar-refractivity contribution in [1.82, 2.24) is 0 Å². The smallest absolute Gasteiger partial charge is 0.416 e. The Balaban J connectivity index is 2.39. The zero-order chi connectivity index (χ0) is 14.8. The SMILES string of the molecule is CC(=O)Oc1cccc(-c2cccc(C(F)(F)F)c2)c1. The minimum Gasteiger partial charge on any atom is -0.427 e. The van der Waals surface area contributed by atoms with Gasteiger partial charge in [-0.05, 0) is 35.4 Å². The largest absolute Gasteiger partial charge is 0.427 e. The van der Waals surface area contributed by atoms with E-state index in [9.17, 15) is 18.0 Å². The maximum atomic E-state index is 12.7. The van der Waals surface area contributed by atoms with Gasteiger partial charge in [0.1, 0.15) is 5.75 Å². The van der Waals surface area contributed by atoms with Crippen molar-refractivity contribution in [3.63, 3.8) is 0 Å². The molecule has 0 atom stereocenters. The van der Waals surface area contributed by atoms with Crippen LogP contribution in [0.4, 0.5) is 13.2 Å². The molecule has 0 N–H and O–H groups in total. The Bertz CT molecular complexity index is 633. The van der Waals surface area contributed by atoms with Gasteiger partial charge in [0.2, 0.25) is 0 Å². The van der Waals surface area contributed by atoms with E-state index < -0.39 is 17.7 Å². The molecule has 2 aromatic carbocycles. The highest BCUT2D eigenvalue weighted by molar-refractivity contribution is 5.71. The van der Waals surface area contributed by atoms with E-state index in [-0.39, 0.29) is 0 Å². The molecule has 0 saturated heterocycles. The molecule has 0 heterocycles. The fraction of sp³-hybridized carbons (Fsp3) is 0.133. The number of rotatable bonds is 2. The number of halogens is 3. The molecule has 0 spiro atoms. The molecule has 0 bridgehead atoms. The fourth-order valence-corrected chi connectivity index (χ4v) is 1.78. The van der Waals surface area contributed by atoms with E-state index in [1.165, 1.54) is 19.1 Å². The molecule has 2 aromatic rings. The van der Waals surface area contributed by atoms with Crippen LogP contribution in [0, 0.1) is 0 Å². The van der Waals surface area contributed by atoms with Crippen LogP contribution < -0.4 is 4.74 Å². The molecule has 0 unspecified atom stereocenters. The summed E-state index contributed by atoms with van der Waals surface area (Å²) < 4.78 is 42.9. The first kappa shape index (κ1) is 14.1. The van der Waals surface area contributed by atoms with Crippen LogP contribution in [0.5, 0.6) is 5.75 Å². The molecule has 0 aliphatic carbocycles. The Morgan fingerprint density at radius 1 is 1.00 bits per heavy atom. The van der Waals surface area contributed by atoms with Gasteiger partial charge in [-0.25, -0.2) is 0 Å². The number of benzene rings is 2. The van der Waals surface area contributed by atoms with Gasteiger partial charge >= 0.3 is 12.1 Å². The molecule has 0 radical (unpaired) electrons. The molecular formula is C15H11F3O2. The lowest BCUT2D eigenvalue weighted by Crippen LogP contribution is -2.04. The predicted octanol–water partition coefficient (Wildman–Crippen LogP) is 4.30. The maximum absolute atomic E-state index is 12.7. The lowest BCUT2D eigenvalue weighted by atomic mass is 10.0. The van der Waals surface area contributed by atoms with E-state index in [1.54, 1.807) is 24.3 Å². The van der Waals surface area contributed by atoms with E-state index in [1.807, 2.05) is 0 Å². The Labute approximate surface area is 113 Å². The maximum Gasteiger partial charge on any atom is 0.416 e.